The number of likely N-dealkylation sites (tertiary alicyclic amines) is 1. The van der Waals surface area contributed by atoms with Crippen LogP contribution in [0.25, 0.3) is 0 Å². The van der Waals surface area contributed by atoms with Crippen LogP contribution in [0.1, 0.15) is 29.4 Å². The second kappa shape index (κ2) is 5.68. The lowest BCUT2D eigenvalue weighted by Gasteiger charge is -2.12. The van der Waals surface area contributed by atoms with E-state index in [9.17, 15) is 24.3 Å². The van der Waals surface area contributed by atoms with Gasteiger partial charge in [-0.3, -0.25) is 14.5 Å². The van der Waals surface area contributed by atoms with Crippen molar-refractivity contribution in [2.75, 3.05) is 6.54 Å². The topological polar surface area (TPSA) is 120 Å². The Morgan fingerprint density at radius 2 is 2.14 bits per heavy atom. The number of aromatic nitrogens is 2. The first-order valence-electron chi connectivity index (χ1n) is 6.20. The van der Waals surface area contributed by atoms with Crippen molar-refractivity contribution < 1.29 is 19.5 Å². The van der Waals surface area contributed by atoms with E-state index in [4.69, 9.17) is 0 Å². The number of thioether (sulfide) groups is 1. The minimum atomic E-state index is -1.25. The highest BCUT2D eigenvalue weighted by molar-refractivity contribution is 8.00. The van der Waals surface area contributed by atoms with E-state index in [1.807, 2.05) is 0 Å². The zero-order chi connectivity index (χ0) is 15.7. The van der Waals surface area contributed by atoms with Crippen molar-refractivity contribution in [3.05, 3.63) is 21.7 Å². The molecule has 8 nitrogen and oxygen atoms in total. The Morgan fingerprint density at radius 3 is 2.67 bits per heavy atom. The Labute approximate surface area is 123 Å². The summed E-state index contributed by atoms with van der Waals surface area (Å²) in [5.41, 5.74) is -0.687. The number of nitrogens with one attached hydrogen (secondary N) is 1. The number of carboxylic acids is 1. The highest BCUT2D eigenvalue weighted by Crippen LogP contribution is 2.32. The number of carbonyl (C=O) groups excluding carboxylic acids is 2. The van der Waals surface area contributed by atoms with Crippen molar-refractivity contribution in [1.82, 2.24) is 14.9 Å². The van der Waals surface area contributed by atoms with Gasteiger partial charge in [0.2, 0.25) is 11.8 Å². The number of carboxylic acid groups (broad SMARTS) is 1. The average Bonchev–Trinajstić information content (AvgIpc) is 2.62. The molecule has 1 atom stereocenters. The van der Waals surface area contributed by atoms with Crippen LogP contribution in [0.3, 0.4) is 0 Å². The molecule has 112 valence electrons. The van der Waals surface area contributed by atoms with Gasteiger partial charge in [0.15, 0.2) is 0 Å². The van der Waals surface area contributed by atoms with E-state index >= 15 is 0 Å². The van der Waals surface area contributed by atoms with Crippen LogP contribution < -0.4 is 5.69 Å². The predicted octanol–water partition coefficient (Wildman–Crippen LogP) is 0.0160. The number of hydrogen-bond acceptors (Lipinski definition) is 6. The van der Waals surface area contributed by atoms with Gasteiger partial charge in [-0.05, 0) is 13.8 Å². The van der Waals surface area contributed by atoms with Gasteiger partial charge in [0.25, 0.3) is 0 Å². The molecule has 9 heteroatoms. The lowest BCUT2D eigenvalue weighted by molar-refractivity contribution is -0.137. The third kappa shape index (κ3) is 2.82. The molecular weight excluding hydrogens is 298 g/mol. The minimum absolute atomic E-state index is 0.0239. The number of hydrogen-bond donors (Lipinski definition) is 2. The second-order valence-electron chi connectivity index (χ2n) is 4.44. The molecule has 2 N–H and O–H groups in total. The summed E-state index contributed by atoms with van der Waals surface area (Å²) < 4.78 is 0. The Hall–Kier alpha value is -2.16. The van der Waals surface area contributed by atoms with Gasteiger partial charge in [0, 0.05) is 18.7 Å². The SMILES string of the molecule is CCN1C(=O)CC(Sc2nc(=O)[nH]c(C)c2C(=O)O)C1=O. The summed E-state index contributed by atoms with van der Waals surface area (Å²) in [6.45, 7) is 3.39. The number of carbonyl (C=O) groups is 3. The van der Waals surface area contributed by atoms with Crippen molar-refractivity contribution in [2.45, 2.75) is 30.5 Å². The van der Waals surface area contributed by atoms with E-state index in [0.29, 0.717) is 0 Å². The van der Waals surface area contributed by atoms with Crippen LogP contribution in [0.15, 0.2) is 9.82 Å². The van der Waals surface area contributed by atoms with Crippen molar-refractivity contribution in [3.63, 3.8) is 0 Å². The lowest BCUT2D eigenvalue weighted by Crippen LogP contribution is -2.31. The number of amides is 2. The number of aromatic amines is 1. The van der Waals surface area contributed by atoms with E-state index in [1.54, 1.807) is 6.92 Å². The van der Waals surface area contributed by atoms with Gasteiger partial charge in [-0.1, -0.05) is 11.8 Å². The highest BCUT2D eigenvalue weighted by atomic mass is 32.2. The molecule has 1 aromatic rings. The molecule has 21 heavy (non-hydrogen) atoms. The summed E-state index contributed by atoms with van der Waals surface area (Å²) in [7, 11) is 0. The third-order valence-electron chi connectivity index (χ3n) is 3.07. The molecule has 1 fully saturated rings. The molecule has 2 rings (SSSR count). The number of imide groups is 1. The molecule has 2 amide bonds. The van der Waals surface area contributed by atoms with Gasteiger partial charge in [-0.25, -0.2) is 9.59 Å². The minimum Gasteiger partial charge on any atom is -0.478 e. The Kier molecular flexibility index (Phi) is 4.12. The number of H-pyrrole nitrogens is 1. The summed E-state index contributed by atoms with van der Waals surface area (Å²) in [5.74, 6) is -1.94. The van der Waals surface area contributed by atoms with E-state index in [1.165, 1.54) is 6.92 Å². The molecule has 1 aliphatic heterocycles. The lowest BCUT2D eigenvalue weighted by atomic mass is 10.2. The third-order valence-corrected chi connectivity index (χ3v) is 4.24. The summed E-state index contributed by atoms with van der Waals surface area (Å²) in [5, 5.41) is 8.40. The van der Waals surface area contributed by atoms with Crippen molar-refractivity contribution in [2.24, 2.45) is 0 Å². The Balaban J connectivity index is 2.37. The maximum Gasteiger partial charge on any atom is 0.346 e. The first-order chi connectivity index (χ1) is 9.85. The smallest absolute Gasteiger partial charge is 0.346 e. The van der Waals surface area contributed by atoms with E-state index in [0.717, 1.165) is 16.7 Å². The standard InChI is InChI=1S/C12H13N3O5S/c1-3-15-7(16)4-6(10(15)17)21-9-8(11(18)19)5(2)13-12(20)14-9/h6H,3-4H2,1-2H3,(H,18,19)(H,13,14,20). The van der Waals surface area contributed by atoms with Crippen LogP contribution in [-0.4, -0.2) is 49.6 Å². The summed E-state index contributed by atoms with van der Waals surface area (Å²) in [4.78, 5) is 53.4. The second-order valence-corrected chi connectivity index (χ2v) is 5.63. The molecule has 0 bridgehead atoms. The molecule has 1 unspecified atom stereocenters. The van der Waals surface area contributed by atoms with E-state index in [-0.39, 0.29) is 41.1 Å². The molecule has 2 heterocycles. The average molecular weight is 311 g/mol. The maximum atomic E-state index is 12.0. The fourth-order valence-corrected chi connectivity index (χ4v) is 3.33. The molecule has 1 aliphatic rings. The largest absolute Gasteiger partial charge is 0.478 e. The van der Waals surface area contributed by atoms with Crippen LogP contribution in [-0.2, 0) is 9.59 Å². The molecule has 0 saturated carbocycles. The molecule has 0 aromatic carbocycles. The quantitative estimate of drug-likeness (QED) is 0.593. The molecule has 1 saturated heterocycles. The number of aromatic carboxylic acids is 1. The van der Waals surface area contributed by atoms with E-state index in [2.05, 4.69) is 9.97 Å². The molecule has 0 radical (unpaired) electrons. The Bertz CT molecular complexity index is 684. The van der Waals surface area contributed by atoms with Gasteiger partial charge >= 0.3 is 11.7 Å². The van der Waals surface area contributed by atoms with Crippen molar-refractivity contribution in [3.8, 4) is 0 Å². The predicted molar refractivity (Wildman–Crippen MR) is 73.2 cm³/mol. The van der Waals surface area contributed by atoms with E-state index < -0.39 is 16.9 Å². The van der Waals surface area contributed by atoms with Crippen LogP contribution in [0.5, 0.6) is 0 Å². The number of nitrogens with zero attached hydrogens (tertiary/aromatic N) is 2. The monoisotopic (exact) mass is 311 g/mol. The van der Waals surface area contributed by atoms with Gasteiger partial charge < -0.3 is 10.1 Å². The summed E-state index contributed by atoms with van der Waals surface area (Å²) in [6, 6.07) is 0. The van der Waals surface area contributed by atoms with Gasteiger partial charge in [0.05, 0.1) is 5.25 Å². The zero-order valence-corrected chi connectivity index (χ0v) is 12.2. The van der Waals surface area contributed by atoms with Crippen LogP contribution in [0.4, 0.5) is 0 Å². The van der Waals surface area contributed by atoms with Crippen LogP contribution in [0, 0.1) is 6.92 Å². The van der Waals surface area contributed by atoms with Gasteiger partial charge in [0.1, 0.15) is 10.6 Å². The number of rotatable bonds is 4. The summed E-state index contributed by atoms with van der Waals surface area (Å²) in [6.07, 6.45) is -0.0239. The molecular formula is C12H13N3O5S. The first kappa shape index (κ1) is 15.2. The summed E-state index contributed by atoms with van der Waals surface area (Å²) >= 11 is 0.841. The zero-order valence-electron chi connectivity index (χ0n) is 11.4. The molecule has 1 aromatic heterocycles. The normalized spacial score (nSPS) is 18.4. The van der Waals surface area contributed by atoms with Crippen LogP contribution in [0.2, 0.25) is 0 Å². The van der Waals surface area contributed by atoms with Crippen molar-refractivity contribution in [1.29, 1.82) is 0 Å². The number of aryl methyl sites for hydroxylation is 1. The van der Waals surface area contributed by atoms with Crippen molar-refractivity contribution >= 4 is 29.5 Å². The fraction of sp³-hybridized carbons (Fsp3) is 0.417. The molecule has 0 spiro atoms. The fourth-order valence-electron chi connectivity index (χ4n) is 2.11. The highest BCUT2D eigenvalue weighted by Gasteiger charge is 2.39. The maximum absolute atomic E-state index is 12.0. The molecule has 0 aliphatic carbocycles. The first-order valence-corrected chi connectivity index (χ1v) is 7.08. The Morgan fingerprint density at radius 1 is 1.48 bits per heavy atom. The van der Waals surface area contributed by atoms with Gasteiger partial charge in [-0.2, -0.15) is 4.98 Å². The van der Waals surface area contributed by atoms with Gasteiger partial charge in [-0.15, -0.1) is 0 Å². The van der Waals surface area contributed by atoms with Crippen LogP contribution >= 0.6 is 11.8 Å².